The quantitative estimate of drug-likeness (QED) is 0.0923. The lowest BCUT2D eigenvalue weighted by molar-refractivity contribution is -0.139. The predicted molar refractivity (Wildman–Crippen MR) is 190 cm³/mol. The fraction of sp³-hybridized carbons (Fsp3) is 0.811. The number of piperidine rings is 1. The van der Waals surface area contributed by atoms with Crippen LogP contribution in [0.3, 0.4) is 0 Å². The lowest BCUT2D eigenvalue weighted by Gasteiger charge is -2.38. The maximum Gasteiger partial charge on any atom is 0.407 e. The van der Waals surface area contributed by atoms with E-state index < -0.39 is 53.6 Å². The van der Waals surface area contributed by atoms with Gasteiger partial charge in [0.05, 0.1) is 18.1 Å². The van der Waals surface area contributed by atoms with Gasteiger partial charge < -0.3 is 35.6 Å². The van der Waals surface area contributed by atoms with E-state index in [-0.39, 0.29) is 54.5 Å². The van der Waals surface area contributed by atoms with Crippen LogP contribution in [0.25, 0.3) is 0 Å². The summed E-state index contributed by atoms with van der Waals surface area (Å²) in [5, 5.41) is 14.6. The molecule has 0 aromatic heterocycles. The minimum atomic E-state index is -0.725. The standard InChI is InChI=1S/C37H62N6O7/c1-10-15-24(29(44)31(45)38-18-11-2)40-32-30(50-32)28-26-23(37(26,8)9)19-43(28)33(46)27(22-16-13-12-14-17-22)42-34(47)41-25(36(5,6)7)20-49-35(48)39-21(3)4/h11,21-28,30,32,40H,2,10,12-20H2,1,3-9H3,(H,38,45)(H,39,48)(H2,41,42,47)/t23-,24?,25+,26-,27?,28?,30?,32?/m0/s1. The second-order valence-electron chi connectivity index (χ2n) is 16.6. The summed E-state index contributed by atoms with van der Waals surface area (Å²) in [7, 11) is 0. The van der Waals surface area contributed by atoms with Crippen LogP contribution in [0.15, 0.2) is 12.7 Å². The van der Waals surface area contributed by atoms with Crippen LogP contribution in [0.1, 0.15) is 100 Å². The molecule has 4 rings (SSSR count). The van der Waals surface area contributed by atoms with Gasteiger partial charge in [0.2, 0.25) is 11.7 Å². The Bertz CT molecular complexity index is 1260. The molecule has 0 radical (unpaired) electrons. The van der Waals surface area contributed by atoms with Crippen molar-refractivity contribution in [2.75, 3.05) is 19.7 Å². The van der Waals surface area contributed by atoms with E-state index in [0.29, 0.717) is 25.3 Å². The third-order valence-corrected chi connectivity index (χ3v) is 11.1. The lowest BCUT2D eigenvalue weighted by Crippen LogP contribution is -2.60. The lowest BCUT2D eigenvalue weighted by atomic mass is 9.83. The summed E-state index contributed by atoms with van der Waals surface area (Å²) in [5.41, 5.74) is -0.393. The van der Waals surface area contributed by atoms with Crippen LogP contribution < -0.4 is 26.6 Å². The van der Waals surface area contributed by atoms with Gasteiger partial charge >= 0.3 is 12.1 Å². The molecule has 2 aliphatic carbocycles. The number of ketones is 1. The number of fused-ring (bicyclic) bond motifs is 1. The van der Waals surface area contributed by atoms with E-state index in [1.54, 1.807) is 0 Å². The molecule has 13 heteroatoms. The molecule has 50 heavy (non-hydrogen) atoms. The molecule has 0 aromatic rings. The highest BCUT2D eigenvalue weighted by molar-refractivity contribution is 6.38. The number of carbonyl (C=O) groups excluding carboxylic acids is 5. The number of urea groups is 1. The Hall–Kier alpha value is -3.19. The fourth-order valence-corrected chi connectivity index (χ4v) is 7.98. The largest absolute Gasteiger partial charge is 0.447 e. The number of likely N-dealkylation sites (tertiary alicyclic amines) is 1. The third kappa shape index (κ3) is 9.57. The Balaban J connectivity index is 1.48. The summed E-state index contributed by atoms with van der Waals surface area (Å²) >= 11 is 0. The summed E-state index contributed by atoms with van der Waals surface area (Å²) in [6.07, 6.45) is 6.12. The zero-order chi connectivity index (χ0) is 37.0. The van der Waals surface area contributed by atoms with Gasteiger partial charge in [0.1, 0.15) is 25.0 Å². The minimum Gasteiger partial charge on any atom is -0.447 e. The van der Waals surface area contributed by atoms with E-state index in [2.05, 4.69) is 47.0 Å². The number of rotatable bonds is 16. The van der Waals surface area contributed by atoms with Crippen molar-refractivity contribution in [3.63, 3.8) is 0 Å². The first kappa shape index (κ1) is 39.6. The molecule has 5 N–H and O–H groups in total. The van der Waals surface area contributed by atoms with Gasteiger partial charge in [0, 0.05) is 19.1 Å². The van der Waals surface area contributed by atoms with Crippen LogP contribution in [0.4, 0.5) is 9.59 Å². The second-order valence-corrected chi connectivity index (χ2v) is 16.6. The zero-order valence-corrected chi connectivity index (χ0v) is 31.4. The molecule has 8 atom stereocenters. The average Bonchev–Trinajstić information content (AvgIpc) is 3.86. The van der Waals surface area contributed by atoms with Crippen molar-refractivity contribution in [3.05, 3.63) is 12.7 Å². The van der Waals surface area contributed by atoms with E-state index in [1.165, 1.54) is 6.08 Å². The molecule has 2 saturated heterocycles. The number of nitrogens with zero attached hydrogens (tertiary/aromatic N) is 1. The Morgan fingerprint density at radius 1 is 1.04 bits per heavy atom. The first-order valence-electron chi connectivity index (χ1n) is 18.7. The number of ether oxygens (including phenoxy) is 2. The van der Waals surface area contributed by atoms with Crippen molar-refractivity contribution in [1.82, 2.24) is 31.5 Å². The van der Waals surface area contributed by atoms with Gasteiger partial charge in [-0.15, -0.1) is 6.58 Å². The topological polar surface area (TPSA) is 170 Å². The smallest absolute Gasteiger partial charge is 0.407 e. The highest BCUT2D eigenvalue weighted by Crippen LogP contribution is 2.66. The monoisotopic (exact) mass is 702 g/mol. The van der Waals surface area contributed by atoms with Crippen LogP contribution in [0.2, 0.25) is 0 Å². The van der Waals surface area contributed by atoms with Crippen LogP contribution in [-0.2, 0) is 23.9 Å². The van der Waals surface area contributed by atoms with Gasteiger partial charge in [-0.1, -0.05) is 73.3 Å². The van der Waals surface area contributed by atoms with Crippen molar-refractivity contribution in [3.8, 4) is 0 Å². The molecule has 5 amide bonds. The normalized spacial score (nSPS) is 27.3. The summed E-state index contributed by atoms with van der Waals surface area (Å²) in [5.74, 6) is -0.798. The SMILES string of the molecule is C=CCNC(=O)C(=O)C(CCC)NC1OC1C1[C@@H]2[C@H](CN1C(=O)C(NC(=O)N[C@H](COC(=O)NC(C)C)C(C)(C)C)C1CCCCC1)C2(C)C. The number of amides is 5. The van der Waals surface area contributed by atoms with Crippen LogP contribution in [0, 0.1) is 28.6 Å². The van der Waals surface area contributed by atoms with Gasteiger partial charge in [0.15, 0.2) is 0 Å². The van der Waals surface area contributed by atoms with Gasteiger partial charge in [-0.25, -0.2) is 9.59 Å². The van der Waals surface area contributed by atoms with E-state index in [0.717, 1.165) is 32.1 Å². The maximum absolute atomic E-state index is 14.6. The number of nitrogens with one attached hydrogen (secondary N) is 5. The maximum atomic E-state index is 14.6. The number of alkyl carbamates (subject to hydrolysis) is 1. The number of carbonyl (C=O) groups is 5. The minimum absolute atomic E-state index is 0.0107. The van der Waals surface area contributed by atoms with Crippen molar-refractivity contribution < 1.29 is 33.4 Å². The van der Waals surface area contributed by atoms with Crippen molar-refractivity contribution >= 4 is 29.7 Å². The van der Waals surface area contributed by atoms with Crippen molar-refractivity contribution in [2.45, 2.75) is 143 Å². The summed E-state index contributed by atoms with van der Waals surface area (Å²) in [6.45, 7) is 20.3. The highest BCUT2D eigenvalue weighted by atomic mass is 16.6. The van der Waals surface area contributed by atoms with Gasteiger partial charge in [0.25, 0.3) is 5.91 Å². The van der Waals surface area contributed by atoms with Crippen LogP contribution >= 0.6 is 0 Å². The molecule has 4 fully saturated rings. The van der Waals surface area contributed by atoms with Gasteiger partial charge in [-0.3, -0.25) is 19.7 Å². The molecule has 5 unspecified atom stereocenters. The Kier molecular flexibility index (Phi) is 13.0. The van der Waals surface area contributed by atoms with E-state index in [9.17, 15) is 24.0 Å². The Morgan fingerprint density at radius 2 is 1.72 bits per heavy atom. The Morgan fingerprint density at radius 3 is 2.32 bits per heavy atom. The average molecular weight is 703 g/mol. The molecule has 282 valence electrons. The predicted octanol–water partition coefficient (Wildman–Crippen LogP) is 3.62. The molecule has 4 aliphatic rings. The Labute approximate surface area is 298 Å². The first-order chi connectivity index (χ1) is 23.5. The number of Topliss-reactive ketones (excluding diaryl/α,β-unsaturated/α-hetero) is 1. The van der Waals surface area contributed by atoms with Gasteiger partial charge in [-0.05, 0) is 61.7 Å². The molecular formula is C37H62N6O7. The second kappa shape index (κ2) is 16.4. The summed E-state index contributed by atoms with van der Waals surface area (Å²) in [4.78, 5) is 67.9. The van der Waals surface area contributed by atoms with E-state index in [1.807, 2.05) is 46.4 Å². The van der Waals surface area contributed by atoms with Crippen molar-refractivity contribution in [2.24, 2.45) is 28.6 Å². The molecular weight excluding hydrogens is 640 g/mol. The van der Waals surface area contributed by atoms with Crippen LogP contribution in [-0.4, -0.2) is 96.9 Å². The molecule has 2 saturated carbocycles. The summed E-state index contributed by atoms with van der Waals surface area (Å²) < 4.78 is 11.6. The molecule has 2 aliphatic heterocycles. The van der Waals surface area contributed by atoms with E-state index in [4.69, 9.17) is 9.47 Å². The number of hydrogen-bond donors (Lipinski definition) is 5. The molecule has 13 nitrogen and oxygen atoms in total. The van der Waals surface area contributed by atoms with E-state index >= 15 is 0 Å². The fourth-order valence-electron chi connectivity index (χ4n) is 7.98. The highest BCUT2D eigenvalue weighted by Gasteiger charge is 2.72. The first-order valence-corrected chi connectivity index (χ1v) is 18.7. The van der Waals surface area contributed by atoms with Gasteiger partial charge in [-0.2, -0.15) is 0 Å². The van der Waals surface area contributed by atoms with Crippen LogP contribution in [0.5, 0.6) is 0 Å². The molecule has 0 spiro atoms. The molecule has 2 heterocycles. The third-order valence-electron chi connectivity index (χ3n) is 11.1. The number of epoxide rings is 1. The zero-order valence-electron chi connectivity index (χ0n) is 31.4. The molecule has 0 aromatic carbocycles. The molecule has 0 bridgehead atoms. The van der Waals surface area contributed by atoms with Crippen molar-refractivity contribution in [1.29, 1.82) is 0 Å². The summed E-state index contributed by atoms with van der Waals surface area (Å²) in [6, 6.07) is -2.71. The number of hydrogen-bond acceptors (Lipinski definition) is 8.